The van der Waals surface area contributed by atoms with Gasteiger partial charge >= 0.3 is 11.9 Å². The van der Waals surface area contributed by atoms with Crippen molar-refractivity contribution in [1.82, 2.24) is 4.57 Å². The third kappa shape index (κ3) is 2.91. The van der Waals surface area contributed by atoms with Crippen LogP contribution in [0, 0.1) is 23.7 Å². The molecule has 4 aliphatic carbocycles. The number of benzene rings is 1. The average molecular weight is 391 g/mol. The number of aromatic nitrogens is 1. The number of carbonyl (C=O) groups is 2. The summed E-state index contributed by atoms with van der Waals surface area (Å²) < 4.78 is 1.94. The summed E-state index contributed by atoms with van der Waals surface area (Å²) in [5.74, 6) is -0.448. The lowest BCUT2D eigenvalue weighted by atomic mass is 9.53. The minimum atomic E-state index is -1.17. The second-order valence-electron chi connectivity index (χ2n) is 9.02. The Balaban J connectivity index is 1.69. The van der Waals surface area contributed by atoms with Crippen LogP contribution in [0.5, 0.6) is 0 Å². The van der Waals surface area contributed by atoms with Gasteiger partial charge in [-0.1, -0.05) is 18.2 Å². The number of allylic oxidation sites excluding steroid dienone is 1. The molecule has 2 aromatic rings. The molecule has 5 heteroatoms. The van der Waals surface area contributed by atoms with E-state index in [1.165, 1.54) is 6.42 Å². The summed E-state index contributed by atoms with van der Waals surface area (Å²) in [6.07, 6.45) is 8.75. The van der Waals surface area contributed by atoms with Gasteiger partial charge in [0.05, 0.1) is 11.1 Å². The maximum atomic E-state index is 12.4. The van der Waals surface area contributed by atoms with E-state index in [1.807, 2.05) is 42.1 Å². The van der Waals surface area contributed by atoms with E-state index in [2.05, 4.69) is 0 Å². The van der Waals surface area contributed by atoms with Crippen molar-refractivity contribution in [1.29, 1.82) is 0 Å². The lowest BCUT2D eigenvalue weighted by Crippen LogP contribution is -2.41. The number of hydrogen-bond donors (Lipinski definition) is 2. The molecule has 0 aliphatic heterocycles. The second-order valence-corrected chi connectivity index (χ2v) is 9.02. The van der Waals surface area contributed by atoms with E-state index in [9.17, 15) is 19.8 Å². The first-order valence-corrected chi connectivity index (χ1v) is 10.4. The highest BCUT2D eigenvalue weighted by molar-refractivity contribution is 6.10. The Hall–Kier alpha value is -2.82. The van der Waals surface area contributed by atoms with Crippen LogP contribution in [0.15, 0.2) is 47.2 Å². The zero-order valence-corrected chi connectivity index (χ0v) is 16.5. The molecule has 1 aromatic carbocycles. The van der Waals surface area contributed by atoms with Gasteiger partial charge in [-0.3, -0.25) is 0 Å². The van der Waals surface area contributed by atoms with Crippen LogP contribution >= 0.6 is 0 Å². The Bertz CT molecular complexity index is 1060. The molecule has 1 aromatic heterocycles. The molecule has 0 spiro atoms. The Morgan fingerprint density at radius 2 is 1.59 bits per heavy atom. The van der Waals surface area contributed by atoms with Crippen molar-refractivity contribution in [2.45, 2.75) is 32.1 Å². The van der Waals surface area contributed by atoms with E-state index in [0.717, 1.165) is 47.7 Å². The van der Waals surface area contributed by atoms with Crippen molar-refractivity contribution in [3.05, 3.63) is 52.7 Å². The van der Waals surface area contributed by atoms with Gasteiger partial charge in [-0.25, -0.2) is 9.59 Å². The number of rotatable bonds is 4. The third-order valence-electron chi connectivity index (χ3n) is 7.25. The fourth-order valence-corrected chi connectivity index (χ4v) is 6.38. The maximum absolute atomic E-state index is 12.4. The molecule has 0 unspecified atom stereocenters. The Morgan fingerprint density at radius 1 is 0.966 bits per heavy atom. The van der Waals surface area contributed by atoms with E-state index in [0.29, 0.717) is 11.8 Å². The van der Waals surface area contributed by atoms with Crippen LogP contribution in [-0.4, -0.2) is 26.7 Å². The highest BCUT2D eigenvalue weighted by Gasteiger charge is 2.47. The van der Waals surface area contributed by atoms with Crippen molar-refractivity contribution in [3.63, 3.8) is 0 Å². The van der Waals surface area contributed by atoms with Gasteiger partial charge < -0.3 is 14.8 Å². The SMILES string of the molecule is Cn1cc(/C=C(\C(=O)O)C(C(=O)O)=C2C3CC4CC(C3)CC2C4)c2ccccc21. The van der Waals surface area contributed by atoms with Gasteiger partial charge in [-0.15, -0.1) is 0 Å². The fraction of sp³-hybridized carbons (Fsp3) is 0.417. The predicted octanol–water partition coefficient (Wildman–Crippen LogP) is 4.48. The minimum Gasteiger partial charge on any atom is -0.478 e. The Labute approximate surface area is 169 Å². The number of nitrogens with zero attached hydrogens (tertiary/aromatic N) is 1. The summed E-state index contributed by atoms with van der Waals surface area (Å²) in [6.45, 7) is 0. The van der Waals surface area contributed by atoms with Gasteiger partial charge in [0.1, 0.15) is 0 Å². The molecular formula is C24H25NO4. The summed E-state index contributed by atoms with van der Waals surface area (Å²) in [5, 5.41) is 21.0. The molecule has 29 heavy (non-hydrogen) atoms. The number of aryl methyl sites for hydroxylation is 1. The number of carboxylic acid groups (broad SMARTS) is 2. The van der Waals surface area contributed by atoms with Gasteiger partial charge in [0.2, 0.25) is 0 Å². The molecule has 6 rings (SSSR count). The van der Waals surface area contributed by atoms with Crippen LogP contribution in [0.3, 0.4) is 0 Å². The molecule has 0 amide bonds. The highest BCUT2D eigenvalue weighted by Crippen LogP contribution is 2.57. The fourth-order valence-electron chi connectivity index (χ4n) is 6.38. The first-order chi connectivity index (χ1) is 13.9. The molecule has 5 nitrogen and oxygen atoms in total. The predicted molar refractivity (Wildman–Crippen MR) is 110 cm³/mol. The topological polar surface area (TPSA) is 79.5 Å². The standard InChI is InChI=1S/C24H25NO4/c1-25-12-17(18-4-2-3-5-20(18)25)11-19(23(26)27)22(24(28)29)21-15-7-13-6-14(9-15)10-16(21)8-13/h2-5,11-16H,6-10H2,1H3,(H,26,27)(H,28,29)/b19-11-,22-21?. The van der Waals surface area contributed by atoms with Gasteiger partial charge in [0, 0.05) is 29.7 Å². The van der Waals surface area contributed by atoms with E-state index in [4.69, 9.17) is 0 Å². The van der Waals surface area contributed by atoms with Crippen molar-refractivity contribution in [2.24, 2.45) is 30.7 Å². The molecule has 0 atom stereocenters. The molecule has 4 bridgehead atoms. The lowest BCUT2D eigenvalue weighted by molar-refractivity contribution is -0.136. The third-order valence-corrected chi connectivity index (χ3v) is 7.25. The van der Waals surface area contributed by atoms with Crippen LogP contribution in [-0.2, 0) is 16.6 Å². The molecule has 1 heterocycles. The van der Waals surface area contributed by atoms with Crippen LogP contribution < -0.4 is 0 Å². The lowest BCUT2D eigenvalue weighted by Gasteiger charge is -2.52. The normalized spacial score (nSPS) is 28.2. The van der Waals surface area contributed by atoms with E-state index in [-0.39, 0.29) is 23.0 Å². The molecule has 4 fully saturated rings. The van der Waals surface area contributed by atoms with Crippen molar-refractivity contribution in [2.75, 3.05) is 0 Å². The molecular weight excluding hydrogens is 366 g/mol. The van der Waals surface area contributed by atoms with Crippen LogP contribution in [0.25, 0.3) is 17.0 Å². The molecule has 0 saturated heterocycles. The smallest absolute Gasteiger partial charge is 0.336 e. The summed E-state index contributed by atoms with van der Waals surface area (Å²) in [4.78, 5) is 24.6. The van der Waals surface area contributed by atoms with Gasteiger partial charge in [-0.2, -0.15) is 0 Å². The van der Waals surface area contributed by atoms with Crippen molar-refractivity contribution < 1.29 is 19.8 Å². The molecule has 150 valence electrons. The van der Waals surface area contributed by atoms with Gasteiger partial charge in [0.25, 0.3) is 0 Å². The molecule has 0 radical (unpaired) electrons. The van der Waals surface area contributed by atoms with Gasteiger partial charge in [-0.05, 0) is 73.5 Å². The zero-order chi connectivity index (χ0) is 20.3. The zero-order valence-electron chi connectivity index (χ0n) is 16.5. The summed E-state index contributed by atoms with van der Waals surface area (Å²) >= 11 is 0. The van der Waals surface area contributed by atoms with Crippen molar-refractivity contribution in [3.8, 4) is 0 Å². The number of hydrogen-bond acceptors (Lipinski definition) is 2. The summed E-state index contributed by atoms with van der Waals surface area (Å²) in [7, 11) is 1.91. The van der Waals surface area contributed by atoms with Crippen LogP contribution in [0.2, 0.25) is 0 Å². The summed E-state index contributed by atoms with van der Waals surface area (Å²) in [6, 6.07) is 7.76. The molecule has 4 saturated carbocycles. The van der Waals surface area contributed by atoms with Crippen LogP contribution in [0.1, 0.15) is 37.7 Å². The van der Waals surface area contributed by atoms with E-state index < -0.39 is 11.9 Å². The van der Waals surface area contributed by atoms with E-state index in [1.54, 1.807) is 6.08 Å². The quantitative estimate of drug-likeness (QED) is 0.753. The largest absolute Gasteiger partial charge is 0.478 e. The monoisotopic (exact) mass is 391 g/mol. The number of aliphatic carboxylic acids is 2. The van der Waals surface area contributed by atoms with Crippen molar-refractivity contribution >= 4 is 28.9 Å². The highest BCUT2D eigenvalue weighted by atomic mass is 16.4. The number of para-hydroxylation sites is 1. The Kier molecular flexibility index (Phi) is 4.16. The number of carboxylic acids is 2. The first-order valence-electron chi connectivity index (χ1n) is 10.4. The summed E-state index contributed by atoms with van der Waals surface area (Å²) in [5.41, 5.74) is 2.58. The second kappa shape index (κ2) is 6.61. The first kappa shape index (κ1) is 18.2. The van der Waals surface area contributed by atoms with Crippen LogP contribution in [0.4, 0.5) is 0 Å². The Morgan fingerprint density at radius 3 is 2.17 bits per heavy atom. The molecule has 2 N–H and O–H groups in total. The maximum Gasteiger partial charge on any atom is 0.336 e. The average Bonchev–Trinajstić information content (AvgIpc) is 2.98. The number of fused-ring (bicyclic) bond motifs is 1. The molecule has 4 aliphatic rings. The van der Waals surface area contributed by atoms with Gasteiger partial charge in [0.15, 0.2) is 0 Å². The minimum absolute atomic E-state index is 0.0410. The van der Waals surface area contributed by atoms with E-state index >= 15 is 0 Å².